The van der Waals surface area contributed by atoms with Gasteiger partial charge in [-0.1, -0.05) is 45.0 Å². The van der Waals surface area contributed by atoms with Crippen molar-refractivity contribution in [3.63, 3.8) is 0 Å². The Hall–Kier alpha value is -1.31. The number of amides is 1. The summed E-state index contributed by atoms with van der Waals surface area (Å²) in [5.41, 5.74) is 2.63. The molecule has 0 saturated heterocycles. The number of carbonyl (C=O) groups is 1. The van der Waals surface area contributed by atoms with Gasteiger partial charge in [0.05, 0.1) is 0 Å². The summed E-state index contributed by atoms with van der Waals surface area (Å²) in [6.45, 7) is 11.8. The smallest absolute Gasteiger partial charge is 0.221 e. The second kappa shape index (κ2) is 12.1. The first-order valence-electron chi connectivity index (χ1n) is 9.11. The van der Waals surface area contributed by atoms with Crippen molar-refractivity contribution < 1.29 is 4.79 Å². The maximum Gasteiger partial charge on any atom is 0.221 e. The molecule has 5 nitrogen and oxygen atoms in total. The summed E-state index contributed by atoms with van der Waals surface area (Å²) in [7, 11) is 1.74. The summed E-state index contributed by atoms with van der Waals surface area (Å²) >= 11 is 0. The number of guanidine groups is 1. The van der Waals surface area contributed by atoms with Gasteiger partial charge in [-0.15, -0.1) is 24.0 Å². The van der Waals surface area contributed by atoms with Gasteiger partial charge >= 0.3 is 0 Å². The number of hydrogen-bond acceptors (Lipinski definition) is 2. The molecule has 26 heavy (non-hydrogen) atoms. The third-order valence-corrected chi connectivity index (χ3v) is 4.16. The van der Waals surface area contributed by atoms with Crippen LogP contribution in [0.15, 0.2) is 29.3 Å². The minimum Gasteiger partial charge on any atom is -0.356 e. The third kappa shape index (κ3) is 8.87. The van der Waals surface area contributed by atoms with Crippen LogP contribution in [-0.4, -0.2) is 38.0 Å². The van der Waals surface area contributed by atoms with Crippen molar-refractivity contribution in [1.82, 2.24) is 16.0 Å². The Kier molecular flexibility index (Phi) is 11.5. The molecule has 0 saturated carbocycles. The first-order valence-corrected chi connectivity index (χ1v) is 9.11. The first-order chi connectivity index (χ1) is 11.8. The molecule has 3 N–H and O–H groups in total. The van der Waals surface area contributed by atoms with Crippen molar-refractivity contribution in [3.05, 3.63) is 35.4 Å². The van der Waals surface area contributed by atoms with Crippen molar-refractivity contribution in [1.29, 1.82) is 0 Å². The largest absolute Gasteiger partial charge is 0.356 e. The van der Waals surface area contributed by atoms with E-state index in [2.05, 4.69) is 66.0 Å². The molecule has 0 aliphatic carbocycles. The molecule has 1 rings (SSSR count). The lowest BCUT2D eigenvalue weighted by atomic mass is 9.84. The van der Waals surface area contributed by atoms with Crippen molar-refractivity contribution in [2.75, 3.05) is 20.1 Å². The summed E-state index contributed by atoms with van der Waals surface area (Å²) in [6, 6.07) is 8.96. The Morgan fingerprint density at radius 1 is 1.15 bits per heavy atom. The van der Waals surface area contributed by atoms with Gasteiger partial charge in [0, 0.05) is 38.0 Å². The van der Waals surface area contributed by atoms with Crippen LogP contribution >= 0.6 is 24.0 Å². The molecule has 0 aliphatic rings. The van der Waals surface area contributed by atoms with Crippen LogP contribution in [0.1, 0.15) is 52.2 Å². The second-order valence-electron chi connectivity index (χ2n) is 7.26. The average Bonchev–Trinajstić information content (AvgIpc) is 2.57. The zero-order valence-electron chi connectivity index (χ0n) is 17.0. The minimum atomic E-state index is -0.0150. The Morgan fingerprint density at radius 3 is 2.27 bits per heavy atom. The lowest BCUT2D eigenvalue weighted by Gasteiger charge is -2.27. The van der Waals surface area contributed by atoms with Crippen LogP contribution in [0.5, 0.6) is 0 Å². The predicted molar refractivity (Wildman–Crippen MR) is 122 cm³/mol. The Bertz CT molecular complexity index is 568. The fraction of sp³-hybridized carbons (Fsp3) is 0.600. The monoisotopic (exact) mass is 474 g/mol. The van der Waals surface area contributed by atoms with Gasteiger partial charge in [-0.3, -0.25) is 9.79 Å². The van der Waals surface area contributed by atoms with E-state index in [1.807, 2.05) is 13.8 Å². The Morgan fingerprint density at radius 2 is 1.77 bits per heavy atom. The highest BCUT2D eigenvalue weighted by Crippen LogP contribution is 2.22. The number of carbonyl (C=O) groups excluding carboxylic acids is 1. The van der Waals surface area contributed by atoms with Gasteiger partial charge in [0.2, 0.25) is 5.91 Å². The number of aliphatic imine (C=N–C) groups is 1. The molecule has 1 aromatic carbocycles. The van der Waals surface area contributed by atoms with Gasteiger partial charge in [-0.2, -0.15) is 0 Å². The van der Waals surface area contributed by atoms with Crippen LogP contribution in [0.2, 0.25) is 0 Å². The molecular weight excluding hydrogens is 439 g/mol. The highest BCUT2D eigenvalue weighted by molar-refractivity contribution is 14.0. The number of hydrogen-bond donors (Lipinski definition) is 3. The number of halogens is 1. The number of aryl methyl sites for hydroxylation is 1. The lowest BCUT2D eigenvalue weighted by Crippen LogP contribution is -2.44. The fourth-order valence-electron chi connectivity index (χ4n) is 2.51. The maximum atomic E-state index is 11.7. The van der Waals surface area contributed by atoms with Crippen molar-refractivity contribution in [2.24, 2.45) is 4.99 Å². The zero-order chi connectivity index (χ0) is 18.9. The molecule has 0 aliphatic heterocycles. The average molecular weight is 474 g/mol. The lowest BCUT2D eigenvalue weighted by molar-refractivity contribution is -0.121. The summed E-state index contributed by atoms with van der Waals surface area (Å²) in [5.74, 6) is 0.768. The quantitative estimate of drug-likeness (QED) is 0.308. The molecule has 0 heterocycles. The molecule has 148 valence electrons. The van der Waals surface area contributed by atoms with E-state index in [1.54, 1.807) is 7.05 Å². The SMILES string of the molecule is CCc1ccc(C(C)(C)CNC(=NC)NCCC(=O)NC(C)C)cc1.I. The fourth-order valence-corrected chi connectivity index (χ4v) is 2.51. The molecule has 0 unspecified atom stereocenters. The zero-order valence-corrected chi connectivity index (χ0v) is 19.3. The van der Waals surface area contributed by atoms with Crippen molar-refractivity contribution in [2.45, 2.75) is 58.9 Å². The van der Waals surface area contributed by atoms with Gasteiger partial charge < -0.3 is 16.0 Å². The number of benzene rings is 1. The molecule has 0 spiro atoms. The molecule has 1 amide bonds. The Labute approximate surface area is 175 Å². The molecule has 0 aromatic heterocycles. The molecular formula is C20H35IN4O. The van der Waals surface area contributed by atoms with Crippen LogP contribution in [-0.2, 0) is 16.6 Å². The number of nitrogens with zero attached hydrogens (tertiary/aromatic N) is 1. The van der Waals surface area contributed by atoms with Crippen molar-refractivity contribution in [3.8, 4) is 0 Å². The van der Waals surface area contributed by atoms with Gasteiger partial charge in [-0.25, -0.2) is 0 Å². The Balaban J connectivity index is 0.00000625. The summed E-state index contributed by atoms with van der Waals surface area (Å²) in [6.07, 6.45) is 1.49. The van der Waals surface area contributed by atoms with E-state index in [-0.39, 0.29) is 41.3 Å². The topological polar surface area (TPSA) is 65.5 Å². The summed E-state index contributed by atoms with van der Waals surface area (Å²) < 4.78 is 0. The standard InChI is InChI=1S/C20H34N4O.HI/c1-7-16-8-10-17(11-9-16)20(4,5)14-23-19(21-6)22-13-12-18(25)24-15(2)3;/h8-11,15H,7,12-14H2,1-6H3,(H,24,25)(H2,21,22,23);1H. The van der Waals surface area contributed by atoms with Gasteiger partial charge in [0.25, 0.3) is 0 Å². The van der Waals surface area contributed by atoms with E-state index in [1.165, 1.54) is 11.1 Å². The van der Waals surface area contributed by atoms with Gasteiger partial charge in [0.15, 0.2) is 5.96 Å². The van der Waals surface area contributed by atoms with Crippen LogP contribution in [0.25, 0.3) is 0 Å². The van der Waals surface area contributed by atoms with E-state index in [4.69, 9.17) is 0 Å². The minimum absolute atomic E-state index is 0. The van der Waals surface area contributed by atoms with E-state index in [0.717, 1.165) is 18.9 Å². The van der Waals surface area contributed by atoms with Gasteiger partial charge in [0.1, 0.15) is 0 Å². The normalized spacial score (nSPS) is 11.7. The van der Waals surface area contributed by atoms with E-state index in [0.29, 0.717) is 13.0 Å². The highest BCUT2D eigenvalue weighted by atomic mass is 127. The molecule has 1 aromatic rings. The first kappa shape index (κ1) is 24.7. The third-order valence-electron chi connectivity index (χ3n) is 4.16. The summed E-state index contributed by atoms with van der Waals surface area (Å²) in [5, 5.41) is 9.43. The van der Waals surface area contributed by atoms with Crippen LogP contribution in [0.3, 0.4) is 0 Å². The van der Waals surface area contributed by atoms with E-state index >= 15 is 0 Å². The number of rotatable bonds is 8. The molecule has 0 bridgehead atoms. The molecule has 0 radical (unpaired) electrons. The molecule has 0 atom stereocenters. The predicted octanol–water partition coefficient (Wildman–Crippen LogP) is 3.22. The van der Waals surface area contributed by atoms with E-state index < -0.39 is 0 Å². The van der Waals surface area contributed by atoms with Crippen LogP contribution in [0.4, 0.5) is 0 Å². The molecule has 0 fully saturated rings. The van der Waals surface area contributed by atoms with Crippen LogP contribution < -0.4 is 16.0 Å². The van der Waals surface area contributed by atoms with Crippen LogP contribution in [0, 0.1) is 0 Å². The van der Waals surface area contributed by atoms with Crippen molar-refractivity contribution >= 4 is 35.8 Å². The number of nitrogens with one attached hydrogen (secondary N) is 3. The second-order valence-corrected chi connectivity index (χ2v) is 7.26. The summed E-state index contributed by atoms with van der Waals surface area (Å²) in [4.78, 5) is 15.9. The highest BCUT2D eigenvalue weighted by Gasteiger charge is 2.20. The molecule has 6 heteroatoms. The maximum absolute atomic E-state index is 11.7. The van der Waals surface area contributed by atoms with Gasteiger partial charge in [-0.05, 0) is 31.4 Å². The van der Waals surface area contributed by atoms with E-state index in [9.17, 15) is 4.79 Å².